The number of nitrogens with zero attached hydrogens (tertiary/aromatic N) is 3. The molecule has 4 aromatic carbocycles. The standard InChI is InChI=1S/C37H39Cl2N3O3S/c1-4-42(37(43)35-31-11-6-5-9-27(31)21-29(23-40)36(35)45-2)24-28(26-13-14-32(38)33(39)22-26)17-20-41-18-15-25(16-19-41)30-10-7-8-12-34(30)46(3)44/h5-14,21-22,25,28H,4,15-20,24H2,1-3H3/t28?,46-/m0/s1. The molecule has 1 saturated heterocycles. The smallest absolute Gasteiger partial charge is 0.258 e. The largest absolute Gasteiger partial charge is 0.495 e. The van der Waals surface area contributed by atoms with E-state index < -0.39 is 10.8 Å². The summed E-state index contributed by atoms with van der Waals surface area (Å²) in [6.07, 6.45) is 4.58. The van der Waals surface area contributed by atoms with Gasteiger partial charge in [-0.25, -0.2) is 0 Å². The summed E-state index contributed by atoms with van der Waals surface area (Å²) in [5, 5.41) is 12.4. The Balaban J connectivity index is 1.37. The average Bonchev–Trinajstić information content (AvgIpc) is 3.08. The summed E-state index contributed by atoms with van der Waals surface area (Å²) in [5.74, 6) is 0.512. The molecule has 6 nitrogen and oxygen atoms in total. The third-order valence-corrected chi connectivity index (χ3v) is 10.8. The van der Waals surface area contributed by atoms with E-state index >= 15 is 0 Å². The molecule has 240 valence electrons. The zero-order chi connectivity index (χ0) is 32.8. The first-order valence-corrected chi connectivity index (χ1v) is 18.0. The summed E-state index contributed by atoms with van der Waals surface area (Å²) in [6, 6.07) is 25.4. The number of likely N-dealkylation sites (tertiary alicyclic amines) is 1. The number of rotatable bonds is 11. The predicted molar refractivity (Wildman–Crippen MR) is 188 cm³/mol. The van der Waals surface area contributed by atoms with E-state index in [2.05, 4.69) is 17.0 Å². The van der Waals surface area contributed by atoms with E-state index in [4.69, 9.17) is 27.9 Å². The van der Waals surface area contributed by atoms with Gasteiger partial charge in [-0.3, -0.25) is 9.00 Å². The van der Waals surface area contributed by atoms with Crippen LogP contribution in [0.4, 0.5) is 0 Å². The van der Waals surface area contributed by atoms with Crippen LogP contribution < -0.4 is 4.74 Å². The third-order valence-electron chi connectivity index (χ3n) is 9.11. The van der Waals surface area contributed by atoms with Gasteiger partial charge in [0.2, 0.25) is 0 Å². The summed E-state index contributed by atoms with van der Waals surface area (Å²) in [4.78, 5) is 19.6. The molecule has 0 spiro atoms. The minimum absolute atomic E-state index is 0.00367. The van der Waals surface area contributed by atoms with Gasteiger partial charge in [-0.15, -0.1) is 0 Å². The molecule has 1 unspecified atom stereocenters. The minimum Gasteiger partial charge on any atom is -0.495 e. The number of piperidine rings is 1. The fourth-order valence-corrected chi connectivity index (χ4v) is 7.77. The zero-order valence-electron chi connectivity index (χ0n) is 26.5. The number of likely N-dealkylation sites (N-methyl/N-ethyl adjacent to an activating group) is 1. The third kappa shape index (κ3) is 7.42. The van der Waals surface area contributed by atoms with Gasteiger partial charge in [-0.05, 0) is 97.9 Å². The molecule has 0 radical (unpaired) electrons. The van der Waals surface area contributed by atoms with Crippen LogP contribution in [0.1, 0.15) is 65.1 Å². The number of amides is 1. The van der Waals surface area contributed by atoms with Crippen LogP contribution in [-0.2, 0) is 10.8 Å². The lowest BCUT2D eigenvalue weighted by Gasteiger charge is -2.34. The molecule has 0 aliphatic carbocycles. The van der Waals surface area contributed by atoms with Gasteiger partial charge in [-0.1, -0.05) is 71.7 Å². The molecular weight excluding hydrogens is 637 g/mol. The van der Waals surface area contributed by atoms with Gasteiger partial charge >= 0.3 is 0 Å². The maximum atomic E-state index is 14.3. The van der Waals surface area contributed by atoms with Crippen molar-refractivity contribution in [2.75, 3.05) is 46.1 Å². The molecule has 1 heterocycles. The molecule has 1 fully saturated rings. The number of nitriles is 1. The molecule has 0 N–H and O–H groups in total. The van der Waals surface area contributed by atoms with Crippen LogP contribution >= 0.6 is 23.2 Å². The Morgan fingerprint density at radius 1 is 1.07 bits per heavy atom. The van der Waals surface area contributed by atoms with Gasteiger partial charge in [0.25, 0.3) is 5.91 Å². The quantitative estimate of drug-likeness (QED) is 0.160. The fourth-order valence-electron chi connectivity index (χ4n) is 6.63. The average molecular weight is 677 g/mol. The second-order valence-corrected chi connectivity index (χ2v) is 13.9. The summed E-state index contributed by atoms with van der Waals surface area (Å²) in [5.41, 5.74) is 2.97. The number of carbonyl (C=O) groups is 1. The lowest BCUT2D eigenvalue weighted by molar-refractivity contribution is 0.0747. The highest BCUT2D eigenvalue weighted by molar-refractivity contribution is 7.84. The van der Waals surface area contributed by atoms with Crippen LogP contribution in [-0.4, -0.2) is 66.0 Å². The Labute approximate surface area is 284 Å². The van der Waals surface area contributed by atoms with Gasteiger partial charge in [0.05, 0.1) is 39.1 Å². The number of ether oxygens (including phenoxy) is 1. The molecule has 2 atom stereocenters. The lowest BCUT2D eigenvalue weighted by atomic mass is 9.88. The van der Waals surface area contributed by atoms with E-state index in [-0.39, 0.29) is 11.8 Å². The monoisotopic (exact) mass is 675 g/mol. The Hall–Kier alpha value is -3.41. The van der Waals surface area contributed by atoms with Crippen LogP contribution in [0.5, 0.6) is 5.75 Å². The van der Waals surface area contributed by atoms with Crippen molar-refractivity contribution in [1.82, 2.24) is 9.80 Å². The Kier molecular flexibility index (Phi) is 11.4. The first-order chi connectivity index (χ1) is 22.2. The van der Waals surface area contributed by atoms with Crippen molar-refractivity contribution in [2.24, 2.45) is 0 Å². The highest BCUT2D eigenvalue weighted by Gasteiger charge is 2.28. The van der Waals surface area contributed by atoms with Crippen LogP contribution in [0, 0.1) is 11.3 Å². The van der Waals surface area contributed by atoms with E-state index in [0.29, 0.717) is 45.9 Å². The Bertz CT molecular complexity index is 1780. The Morgan fingerprint density at radius 2 is 1.78 bits per heavy atom. The van der Waals surface area contributed by atoms with E-state index in [0.717, 1.165) is 60.1 Å². The van der Waals surface area contributed by atoms with Crippen molar-refractivity contribution in [3.63, 3.8) is 0 Å². The van der Waals surface area contributed by atoms with E-state index in [9.17, 15) is 14.3 Å². The van der Waals surface area contributed by atoms with Gasteiger partial charge in [-0.2, -0.15) is 5.26 Å². The Morgan fingerprint density at radius 3 is 2.46 bits per heavy atom. The number of halogens is 2. The van der Waals surface area contributed by atoms with Crippen LogP contribution in [0.25, 0.3) is 10.8 Å². The summed E-state index contributed by atoms with van der Waals surface area (Å²) in [7, 11) is 0.488. The van der Waals surface area contributed by atoms with Crippen LogP contribution in [0.15, 0.2) is 77.7 Å². The van der Waals surface area contributed by atoms with Crippen LogP contribution in [0.3, 0.4) is 0 Å². The molecule has 0 saturated carbocycles. The topological polar surface area (TPSA) is 73.6 Å². The number of hydrogen-bond acceptors (Lipinski definition) is 5. The molecule has 46 heavy (non-hydrogen) atoms. The summed E-state index contributed by atoms with van der Waals surface area (Å²) >= 11 is 12.8. The SMILES string of the molecule is CCN(CC(CCN1CCC(c2ccccc2[S@](C)=O)CC1)c1ccc(Cl)c(Cl)c1)C(=O)c1c(OC)c(C#N)cc2ccccc12. The van der Waals surface area contributed by atoms with Crippen molar-refractivity contribution in [2.45, 2.75) is 42.9 Å². The molecule has 1 aliphatic rings. The predicted octanol–water partition coefficient (Wildman–Crippen LogP) is 8.28. The maximum absolute atomic E-state index is 14.3. The molecule has 9 heteroatoms. The van der Waals surface area contributed by atoms with Gasteiger partial charge in [0, 0.05) is 30.2 Å². The molecule has 1 aliphatic heterocycles. The molecule has 5 rings (SSSR count). The normalized spacial score (nSPS) is 15.3. The fraction of sp³-hybridized carbons (Fsp3) is 0.351. The van der Waals surface area contributed by atoms with Crippen molar-refractivity contribution in [1.29, 1.82) is 5.26 Å². The number of fused-ring (bicyclic) bond motifs is 1. The van der Waals surface area contributed by atoms with E-state index in [1.165, 1.54) is 12.7 Å². The molecule has 4 aromatic rings. The number of hydrogen-bond donors (Lipinski definition) is 0. The number of benzene rings is 4. The maximum Gasteiger partial charge on any atom is 0.258 e. The van der Waals surface area contributed by atoms with E-state index in [1.807, 2.05) is 72.5 Å². The second kappa shape index (κ2) is 15.5. The highest BCUT2D eigenvalue weighted by atomic mass is 35.5. The van der Waals surface area contributed by atoms with Crippen molar-refractivity contribution in [3.8, 4) is 11.8 Å². The van der Waals surface area contributed by atoms with Gasteiger partial charge in [0.15, 0.2) is 0 Å². The molecule has 0 aromatic heterocycles. The molecule has 1 amide bonds. The number of methoxy groups -OCH3 is 1. The highest BCUT2D eigenvalue weighted by Crippen LogP contribution is 2.36. The zero-order valence-corrected chi connectivity index (χ0v) is 28.8. The van der Waals surface area contributed by atoms with Crippen molar-refractivity contribution in [3.05, 3.63) is 105 Å². The van der Waals surface area contributed by atoms with E-state index in [1.54, 1.807) is 12.3 Å². The molecular formula is C37H39Cl2N3O3S. The summed E-state index contributed by atoms with van der Waals surface area (Å²) < 4.78 is 18.0. The summed E-state index contributed by atoms with van der Waals surface area (Å²) in [6.45, 7) is 5.68. The van der Waals surface area contributed by atoms with Crippen LogP contribution in [0.2, 0.25) is 10.0 Å². The van der Waals surface area contributed by atoms with Crippen molar-refractivity contribution < 1.29 is 13.7 Å². The van der Waals surface area contributed by atoms with Gasteiger partial charge in [0.1, 0.15) is 11.8 Å². The minimum atomic E-state index is -1.01. The molecule has 0 bridgehead atoms. The van der Waals surface area contributed by atoms with Crippen molar-refractivity contribution >= 4 is 50.7 Å². The first kappa shape index (κ1) is 33.9. The van der Waals surface area contributed by atoms with Gasteiger partial charge < -0.3 is 14.5 Å². The lowest BCUT2D eigenvalue weighted by Crippen LogP contribution is -2.38. The first-order valence-electron chi connectivity index (χ1n) is 15.6. The number of carbonyl (C=O) groups excluding carboxylic acids is 1. The second-order valence-electron chi connectivity index (χ2n) is 11.8.